The molecule has 0 aliphatic heterocycles. The number of carbonyl (C=O) groups is 1. The van der Waals surface area contributed by atoms with Gasteiger partial charge in [-0.2, -0.15) is 0 Å². The zero-order valence-corrected chi connectivity index (χ0v) is 15.0. The topological polar surface area (TPSA) is 55.0 Å². The van der Waals surface area contributed by atoms with Gasteiger partial charge in [0.25, 0.3) is 0 Å². The van der Waals surface area contributed by atoms with Crippen LogP contribution < -0.4 is 0 Å². The predicted molar refractivity (Wildman–Crippen MR) is 97.8 cm³/mol. The number of para-hydroxylation sites is 2. The molecular formula is C20H26N2O2. The van der Waals surface area contributed by atoms with Crippen LogP contribution in [0.25, 0.3) is 11.0 Å². The number of ketones is 1. The number of benzene rings is 1. The van der Waals surface area contributed by atoms with Gasteiger partial charge in [0.05, 0.1) is 24.1 Å². The number of ether oxygens (including phenoxy) is 1. The van der Waals surface area contributed by atoms with E-state index in [1.807, 2.05) is 38.1 Å². The van der Waals surface area contributed by atoms with E-state index in [0.717, 1.165) is 29.4 Å². The van der Waals surface area contributed by atoms with Crippen LogP contribution in [0.5, 0.6) is 0 Å². The van der Waals surface area contributed by atoms with E-state index < -0.39 is 0 Å². The quantitative estimate of drug-likeness (QED) is 0.433. The number of aromatic nitrogens is 2. The SMILES string of the molecule is CCO/C(C(=O)Cc1nc2ccccc2[nH]1)=C(\C)CCC=C(C)C. The zero-order chi connectivity index (χ0) is 17.5. The van der Waals surface area contributed by atoms with Crippen LogP contribution in [0.3, 0.4) is 0 Å². The van der Waals surface area contributed by atoms with E-state index in [1.54, 1.807) is 0 Å². The molecule has 0 saturated carbocycles. The second kappa shape index (κ2) is 8.48. The maximum Gasteiger partial charge on any atom is 0.204 e. The molecular weight excluding hydrogens is 300 g/mol. The average molecular weight is 326 g/mol. The monoisotopic (exact) mass is 326 g/mol. The first kappa shape index (κ1) is 18.0. The second-order valence-corrected chi connectivity index (χ2v) is 6.16. The van der Waals surface area contributed by atoms with Gasteiger partial charge in [-0.05, 0) is 58.2 Å². The van der Waals surface area contributed by atoms with Crippen LogP contribution in [0, 0.1) is 0 Å². The number of fused-ring (bicyclic) bond motifs is 1. The molecule has 24 heavy (non-hydrogen) atoms. The van der Waals surface area contributed by atoms with Crippen molar-refractivity contribution in [3.63, 3.8) is 0 Å². The van der Waals surface area contributed by atoms with Crippen molar-refractivity contribution in [1.82, 2.24) is 9.97 Å². The molecule has 0 saturated heterocycles. The Kier molecular flexibility index (Phi) is 6.36. The molecule has 2 rings (SSSR count). The Morgan fingerprint density at radius 1 is 1.25 bits per heavy atom. The normalized spacial score (nSPS) is 12.0. The van der Waals surface area contributed by atoms with Crippen molar-refractivity contribution >= 4 is 16.8 Å². The van der Waals surface area contributed by atoms with Crippen molar-refractivity contribution in [3.05, 3.63) is 53.1 Å². The Labute approximate surface area is 143 Å². The summed E-state index contributed by atoms with van der Waals surface area (Å²) in [5, 5.41) is 0. The van der Waals surface area contributed by atoms with Gasteiger partial charge in [0.1, 0.15) is 5.82 Å². The van der Waals surface area contributed by atoms with Crippen LogP contribution in [0.2, 0.25) is 0 Å². The van der Waals surface area contributed by atoms with E-state index in [-0.39, 0.29) is 12.2 Å². The number of nitrogens with one attached hydrogen (secondary N) is 1. The predicted octanol–water partition coefficient (Wildman–Crippen LogP) is 4.73. The Bertz CT molecular complexity index is 732. The molecule has 0 fully saturated rings. The molecule has 1 aromatic heterocycles. The number of rotatable bonds is 8. The van der Waals surface area contributed by atoms with E-state index in [0.29, 0.717) is 18.2 Å². The molecule has 1 heterocycles. The molecule has 2 aromatic rings. The zero-order valence-electron chi connectivity index (χ0n) is 15.0. The molecule has 1 N–H and O–H groups in total. The van der Waals surface area contributed by atoms with Crippen molar-refractivity contribution < 1.29 is 9.53 Å². The second-order valence-electron chi connectivity index (χ2n) is 6.16. The minimum absolute atomic E-state index is 0.0226. The fourth-order valence-corrected chi connectivity index (χ4v) is 2.60. The summed E-state index contributed by atoms with van der Waals surface area (Å²) >= 11 is 0. The summed E-state index contributed by atoms with van der Waals surface area (Å²) in [4.78, 5) is 20.3. The molecule has 4 nitrogen and oxygen atoms in total. The van der Waals surface area contributed by atoms with E-state index in [2.05, 4.69) is 29.9 Å². The van der Waals surface area contributed by atoms with Crippen molar-refractivity contribution in [2.45, 2.75) is 47.0 Å². The highest BCUT2D eigenvalue weighted by Crippen LogP contribution is 2.17. The average Bonchev–Trinajstić information content (AvgIpc) is 2.94. The van der Waals surface area contributed by atoms with Gasteiger partial charge in [-0.1, -0.05) is 23.8 Å². The van der Waals surface area contributed by atoms with Crippen LogP contribution in [0.4, 0.5) is 0 Å². The van der Waals surface area contributed by atoms with Gasteiger partial charge >= 0.3 is 0 Å². The number of nitrogens with zero attached hydrogens (tertiary/aromatic N) is 1. The largest absolute Gasteiger partial charge is 0.490 e. The van der Waals surface area contributed by atoms with Gasteiger partial charge in [-0.25, -0.2) is 4.98 Å². The lowest BCUT2D eigenvalue weighted by Gasteiger charge is -2.11. The third kappa shape index (κ3) is 4.82. The van der Waals surface area contributed by atoms with E-state index in [1.165, 1.54) is 5.57 Å². The molecule has 0 spiro atoms. The maximum absolute atomic E-state index is 12.7. The van der Waals surface area contributed by atoms with Crippen LogP contribution in [-0.4, -0.2) is 22.4 Å². The van der Waals surface area contributed by atoms with Gasteiger partial charge in [0.15, 0.2) is 5.76 Å². The van der Waals surface area contributed by atoms with Crippen LogP contribution in [0.15, 0.2) is 47.2 Å². The Morgan fingerprint density at radius 3 is 2.67 bits per heavy atom. The molecule has 4 heteroatoms. The van der Waals surface area contributed by atoms with Gasteiger partial charge in [0, 0.05) is 0 Å². The van der Waals surface area contributed by atoms with Crippen LogP contribution >= 0.6 is 0 Å². The number of allylic oxidation sites excluding steroid dienone is 4. The molecule has 0 unspecified atom stereocenters. The summed E-state index contributed by atoms with van der Waals surface area (Å²) in [5.41, 5.74) is 4.11. The number of carbonyl (C=O) groups excluding carboxylic acids is 1. The van der Waals surface area contributed by atoms with E-state index in [4.69, 9.17) is 4.74 Å². The molecule has 128 valence electrons. The van der Waals surface area contributed by atoms with Gasteiger partial charge in [0.2, 0.25) is 5.78 Å². The highest BCUT2D eigenvalue weighted by Gasteiger charge is 2.17. The fraction of sp³-hybridized carbons (Fsp3) is 0.400. The van der Waals surface area contributed by atoms with Crippen molar-refractivity contribution in [2.75, 3.05) is 6.61 Å². The van der Waals surface area contributed by atoms with Crippen molar-refractivity contribution in [2.24, 2.45) is 0 Å². The first-order chi connectivity index (χ1) is 11.5. The molecule has 0 radical (unpaired) electrons. The van der Waals surface area contributed by atoms with E-state index >= 15 is 0 Å². The smallest absolute Gasteiger partial charge is 0.204 e. The molecule has 0 amide bonds. The molecule has 0 bridgehead atoms. The minimum atomic E-state index is -0.0226. The van der Waals surface area contributed by atoms with Gasteiger partial charge < -0.3 is 9.72 Å². The first-order valence-electron chi connectivity index (χ1n) is 8.44. The summed E-state index contributed by atoms with van der Waals surface area (Å²) < 4.78 is 5.64. The lowest BCUT2D eigenvalue weighted by atomic mass is 10.1. The van der Waals surface area contributed by atoms with Gasteiger partial charge in [-0.3, -0.25) is 4.79 Å². The van der Waals surface area contributed by atoms with Crippen LogP contribution in [0.1, 0.15) is 46.4 Å². The molecule has 0 aliphatic carbocycles. The molecule has 1 aromatic carbocycles. The van der Waals surface area contributed by atoms with E-state index in [9.17, 15) is 4.79 Å². The standard InChI is InChI=1S/C20H26N2O2/c1-5-24-20(15(4)10-8-9-14(2)3)18(23)13-19-21-16-11-6-7-12-17(16)22-19/h6-7,9,11-12H,5,8,10,13H2,1-4H3,(H,21,22)/b20-15+. The lowest BCUT2D eigenvalue weighted by molar-refractivity contribution is -0.118. The third-order valence-electron chi connectivity index (χ3n) is 3.77. The molecule has 0 aliphatic rings. The van der Waals surface area contributed by atoms with Crippen LogP contribution in [-0.2, 0) is 16.0 Å². The fourth-order valence-electron chi connectivity index (χ4n) is 2.60. The summed E-state index contributed by atoms with van der Waals surface area (Å²) in [6.07, 6.45) is 4.15. The first-order valence-corrected chi connectivity index (χ1v) is 8.44. The number of hydrogen-bond acceptors (Lipinski definition) is 3. The lowest BCUT2D eigenvalue weighted by Crippen LogP contribution is -2.12. The Balaban J connectivity index is 2.14. The highest BCUT2D eigenvalue weighted by molar-refractivity contribution is 5.95. The summed E-state index contributed by atoms with van der Waals surface area (Å²) in [7, 11) is 0. The number of aromatic amines is 1. The maximum atomic E-state index is 12.7. The summed E-state index contributed by atoms with van der Waals surface area (Å²) in [6, 6.07) is 7.78. The minimum Gasteiger partial charge on any atom is -0.490 e. The number of hydrogen-bond donors (Lipinski definition) is 1. The van der Waals surface area contributed by atoms with Gasteiger partial charge in [-0.15, -0.1) is 0 Å². The molecule has 0 atom stereocenters. The Hall–Kier alpha value is -2.36. The van der Waals surface area contributed by atoms with Crippen molar-refractivity contribution in [1.29, 1.82) is 0 Å². The number of Topliss-reactive ketones (excluding diaryl/α,β-unsaturated/α-hetero) is 1. The number of H-pyrrole nitrogens is 1. The number of imidazole rings is 1. The van der Waals surface area contributed by atoms with Crippen molar-refractivity contribution in [3.8, 4) is 0 Å². The third-order valence-corrected chi connectivity index (χ3v) is 3.77. The highest BCUT2D eigenvalue weighted by atomic mass is 16.5. The summed E-state index contributed by atoms with van der Waals surface area (Å²) in [5.74, 6) is 1.14. The Morgan fingerprint density at radius 2 is 2.00 bits per heavy atom. The summed E-state index contributed by atoms with van der Waals surface area (Å²) in [6.45, 7) is 8.52.